The van der Waals surface area contributed by atoms with Crippen molar-refractivity contribution in [2.75, 3.05) is 0 Å². The number of furan rings is 1. The van der Waals surface area contributed by atoms with E-state index in [-0.39, 0.29) is 11.9 Å². The summed E-state index contributed by atoms with van der Waals surface area (Å²) in [5, 5.41) is 5.52. The summed E-state index contributed by atoms with van der Waals surface area (Å²) in [7, 11) is 0. The molecule has 5 nitrogen and oxygen atoms in total. The van der Waals surface area contributed by atoms with Gasteiger partial charge in [0.1, 0.15) is 28.8 Å². The van der Waals surface area contributed by atoms with Gasteiger partial charge in [-0.2, -0.15) is 0 Å². The average molecular weight is 370 g/mol. The van der Waals surface area contributed by atoms with Gasteiger partial charge in [0.05, 0.1) is 6.26 Å². The van der Waals surface area contributed by atoms with Crippen LogP contribution < -0.4 is 10.1 Å². The molecular weight excluding hydrogens is 348 g/mol. The summed E-state index contributed by atoms with van der Waals surface area (Å²) in [5.74, 6) is 1.56. The molecule has 136 valence electrons. The predicted octanol–water partition coefficient (Wildman–Crippen LogP) is 4.37. The Balaban J connectivity index is 1.46. The number of aromatic nitrogens is 1. The minimum atomic E-state index is -0.158. The van der Waals surface area contributed by atoms with Crippen molar-refractivity contribution in [1.82, 2.24) is 10.3 Å². The van der Waals surface area contributed by atoms with Crippen LogP contribution in [0.2, 0.25) is 0 Å². The molecule has 0 spiro atoms. The molecule has 1 aromatic carbocycles. The summed E-state index contributed by atoms with van der Waals surface area (Å²) in [6.45, 7) is 4.37. The van der Waals surface area contributed by atoms with Gasteiger partial charge in [0, 0.05) is 17.8 Å². The van der Waals surface area contributed by atoms with E-state index in [1.165, 1.54) is 16.9 Å². The van der Waals surface area contributed by atoms with Crippen LogP contribution >= 0.6 is 11.3 Å². The fraction of sp³-hybridized carbons (Fsp3) is 0.300. The SMILES string of the molecule is Cc1ccc(OCc2nc(C(=O)NC(C)CCc3ccco3)cs2)cc1. The Morgan fingerprint density at radius 3 is 2.85 bits per heavy atom. The number of hydrogen-bond acceptors (Lipinski definition) is 5. The minimum Gasteiger partial charge on any atom is -0.486 e. The third kappa shape index (κ3) is 5.20. The molecule has 26 heavy (non-hydrogen) atoms. The van der Waals surface area contributed by atoms with Gasteiger partial charge in [0.15, 0.2) is 0 Å². The van der Waals surface area contributed by atoms with Crippen molar-refractivity contribution in [2.45, 2.75) is 39.3 Å². The molecule has 1 atom stereocenters. The van der Waals surface area contributed by atoms with Crippen molar-refractivity contribution in [3.8, 4) is 5.75 Å². The molecule has 2 aromatic heterocycles. The number of amides is 1. The quantitative estimate of drug-likeness (QED) is 0.639. The molecule has 2 heterocycles. The highest BCUT2D eigenvalue weighted by Crippen LogP contribution is 2.16. The van der Waals surface area contributed by atoms with Crippen molar-refractivity contribution in [2.24, 2.45) is 0 Å². The Bertz CT molecular complexity index is 825. The van der Waals surface area contributed by atoms with Gasteiger partial charge in [-0.3, -0.25) is 4.79 Å². The Kier molecular flexibility index (Phi) is 6.07. The molecule has 6 heteroatoms. The van der Waals surface area contributed by atoms with E-state index in [0.29, 0.717) is 12.3 Å². The lowest BCUT2D eigenvalue weighted by Gasteiger charge is -2.11. The number of benzene rings is 1. The predicted molar refractivity (Wildman–Crippen MR) is 102 cm³/mol. The number of hydrogen-bond donors (Lipinski definition) is 1. The number of aryl methyl sites for hydroxylation is 2. The van der Waals surface area contributed by atoms with E-state index in [1.807, 2.05) is 50.2 Å². The summed E-state index contributed by atoms with van der Waals surface area (Å²) in [4.78, 5) is 16.7. The first-order chi connectivity index (χ1) is 12.6. The second-order valence-corrected chi connectivity index (χ2v) is 7.16. The number of carbonyl (C=O) groups excluding carboxylic acids is 1. The minimum absolute atomic E-state index is 0.0431. The molecule has 0 bridgehead atoms. The normalized spacial score (nSPS) is 11.9. The van der Waals surface area contributed by atoms with Crippen LogP contribution in [-0.4, -0.2) is 16.9 Å². The maximum Gasteiger partial charge on any atom is 0.270 e. The zero-order valence-electron chi connectivity index (χ0n) is 14.9. The van der Waals surface area contributed by atoms with Gasteiger partial charge < -0.3 is 14.5 Å². The maximum atomic E-state index is 12.3. The zero-order valence-corrected chi connectivity index (χ0v) is 15.7. The van der Waals surface area contributed by atoms with Crippen LogP contribution in [0.4, 0.5) is 0 Å². The fourth-order valence-corrected chi connectivity index (χ4v) is 3.13. The third-order valence-electron chi connectivity index (χ3n) is 3.95. The average Bonchev–Trinajstić information content (AvgIpc) is 3.31. The smallest absolute Gasteiger partial charge is 0.270 e. The molecule has 1 amide bonds. The van der Waals surface area contributed by atoms with Gasteiger partial charge in [0.25, 0.3) is 5.91 Å². The Morgan fingerprint density at radius 2 is 2.12 bits per heavy atom. The number of ether oxygens (including phenoxy) is 1. The van der Waals surface area contributed by atoms with Crippen LogP contribution in [0.15, 0.2) is 52.5 Å². The molecule has 0 fully saturated rings. The molecule has 1 N–H and O–H groups in total. The summed E-state index contributed by atoms with van der Waals surface area (Å²) in [6, 6.07) is 11.7. The summed E-state index contributed by atoms with van der Waals surface area (Å²) >= 11 is 1.43. The van der Waals surface area contributed by atoms with Gasteiger partial charge in [0.2, 0.25) is 0 Å². The van der Waals surface area contributed by atoms with E-state index in [4.69, 9.17) is 9.15 Å². The molecule has 3 aromatic rings. The highest BCUT2D eigenvalue weighted by atomic mass is 32.1. The van der Waals surface area contributed by atoms with Crippen molar-refractivity contribution < 1.29 is 13.9 Å². The van der Waals surface area contributed by atoms with Crippen LogP contribution in [-0.2, 0) is 13.0 Å². The van der Waals surface area contributed by atoms with Crippen molar-refractivity contribution in [3.63, 3.8) is 0 Å². The number of nitrogens with zero attached hydrogens (tertiary/aromatic N) is 1. The highest BCUT2D eigenvalue weighted by Gasteiger charge is 2.14. The van der Waals surface area contributed by atoms with E-state index in [1.54, 1.807) is 11.6 Å². The molecule has 0 aliphatic carbocycles. The van der Waals surface area contributed by atoms with Crippen molar-refractivity contribution in [1.29, 1.82) is 0 Å². The summed E-state index contributed by atoms with van der Waals surface area (Å²) in [6.07, 6.45) is 3.27. The van der Waals surface area contributed by atoms with Crippen LogP contribution in [0.25, 0.3) is 0 Å². The lowest BCUT2D eigenvalue weighted by atomic mass is 10.1. The number of rotatable bonds is 8. The van der Waals surface area contributed by atoms with Crippen LogP contribution in [0.3, 0.4) is 0 Å². The largest absolute Gasteiger partial charge is 0.486 e. The van der Waals surface area contributed by atoms with Crippen molar-refractivity contribution in [3.05, 3.63) is 70.1 Å². The lowest BCUT2D eigenvalue weighted by Crippen LogP contribution is -2.33. The molecule has 0 aliphatic heterocycles. The number of carbonyl (C=O) groups is 1. The van der Waals surface area contributed by atoms with E-state index >= 15 is 0 Å². The molecule has 0 radical (unpaired) electrons. The van der Waals surface area contributed by atoms with Gasteiger partial charge in [-0.25, -0.2) is 4.98 Å². The van der Waals surface area contributed by atoms with Gasteiger partial charge >= 0.3 is 0 Å². The Labute approximate surface area is 157 Å². The first-order valence-corrected chi connectivity index (χ1v) is 9.45. The fourth-order valence-electron chi connectivity index (χ4n) is 2.44. The third-order valence-corrected chi connectivity index (χ3v) is 4.77. The van der Waals surface area contributed by atoms with E-state index in [9.17, 15) is 4.79 Å². The second kappa shape index (κ2) is 8.67. The molecule has 0 saturated carbocycles. The van der Waals surface area contributed by atoms with Crippen LogP contribution in [0.1, 0.15) is 40.2 Å². The Hall–Kier alpha value is -2.60. The zero-order chi connectivity index (χ0) is 18.4. The maximum absolute atomic E-state index is 12.3. The van der Waals surface area contributed by atoms with E-state index in [0.717, 1.165) is 29.4 Å². The first-order valence-electron chi connectivity index (χ1n) is 8.57. The van der Waals surface area contributed by atoms with Gasteiger partial charge in [-0.15, -0.1) is 11.3 Å². The standard InChI is InChI=1S/C20H22N2O3S/c1-14-5-8-17(9-6-14)25-12-19-22-18(13-26-19)20(23)21-15(2)7-10-16-4-3-11-24-16/h3-6,8-9,11,13,15H,7,10,12H2,1-2H3,(H,21,23). The molecule has 1 unspecified atom stereocenters. The molecular formula is C20H22N2O3S. The van der Waals surface area contributed by atoms with Gasteiger partial charge in [-0.05, 0) is 44.5 Å². The second-order valence-electron chi connectivity index (χ2n) is 6.22. The van der Waals surface area contributed by atoms with E-state index < -0.39 is 0 Å². The number of nitrogens with one attached hydrogen (secondary N) is 1. The molecule has 3 rings (SSSR count). The monoisotopic (exact) mass is 370 g/mol. The lowest BCUT2D eigenvalue weighted by molar-refractivity contribution is 0.0933. The summed E-state index contributed by atoms with van der Waals surface area (Å²) in [5.41, 5.74) is 1.62. The number of thiazole rings is 1. The molecule has 0 aliphatic rings. The van der Waals surface area contributed by atoms with E-state index in [2.05, 4.69) is 10.3 Å². The topological polar surface area (TPSA) is 64.4 Å². The van der Waals surface area contributed by atoms with Crippen LogP contribution in [0.5, 0.6) is 5.75 Å². The molecule has 0 saturated heterocycles. The Morgan fingerprint density at radius 1 is 1.31 bits per heavy atom. The highest BCUT2D eigenvalue weighted by molar-refractivity contribution is 7.09. The van der Waals surface area contributed by atoms with Crippen LogP contribution in [0, 0.1) is 6.92 Å². The summed E-state index contributed by atoms with van der Waals surface area (Å²) < 4.78 is 11.0. The van der Waals surface area contributed by atoms with Crippen molar-refractivity contribution >= 4 is 17.2 Å². The first kappa shape index (κ1) is 18.2. The van der Waals surface area contributed by atoms with Gasteiger partial charge in [-0.1, -0.05) is 17.7 Å².